The summed E-state index contributed by atoms with van der Waals surface area (Å²) in [6.07, 6.45) is 2.48. The number of thiophene rings is 1. The van der Waals surface area contributed by atoms with Gasteiger partial charge in [-0.2, -0.15) is 0 Å². The van der Waals surface area contributed by atoms with Crippen LogP contribution in [0.1, 0.15) is 15.2 Å². The molecule has 0 saturated carbocycles. The van der Waals surface area contributed by atoms with Gasteiger partial charge < -0.3 is 10.0 Å². The fourth-order valence-corrected chi connectivity index (χ4v) is 2.68. The number of hydrogen-bond donors (Lipinski definition) is 2. The van der Waals surface area contributed by atoms with Gasteiger partial charge in [0.2, 0.25) is 0 Å². The van der Waals surface area contributed by atoms with Gasteiger partial charge in [-0.15, -0.1) is 11.3 Å². The molecular weight excluding hydrogens is 278 g/mol. The van der Waals surface area contributed by atoms with Crippen molar-refractivity contribution in [2.75, 3.05) is 33.2 Å². The first-order valence-corrected chi connectivity index (χ1v) is 7.17. The molecule has 1 aliphatic heterocycles. The largest absolute Gasteiger partial charge is 0.478 e. The predicted molar refractivity (Wildman–Crippen MR) is 77.5 cm³/mol. The highest BCUT2D eigenvalue weighted by molar-refractivity contribution is 7.12. The van der Waals surface area contributed by atoms with E-state index in [1.807, 2.05) is 12.1 Å². The number of likely N-dealkylation sites (N-methyl/N-ethyl adjacent to an activating group) is 1. The Morgan fingerprint density at radius 1 is 1.35 bits per heavy atom. The Kier molecular flexibility index (Phi) is 4.89. The van der Waals surface area contributed by atoms with Crippen LogP contribution in [0, 0.1) is 0 Å². The Morgan fingerprint density at radius 2 is 2.05 bits per heavy atom. The molecule has 1 saturated heterocycles. The zero-order valence-electron chi connectivity index (χ0n) is 11.2. The molecule has 2 heterocycles. The van der Waals surface area contributed by atoms with Crippen molar-refractivity contribution in [3.8, 4) is 0 Å². The lowest BCUT2D eigenvalue weighted by Crippen LogP contribution is -2.52. The number of carboxylic acids is 1. The van der Waals surface area contributed by atoms with E-state index < -0.39 is 5.97 Å². The van der Waals surface area contributed by atoms with E-state index in [4.69, 9.17) is 5.11 Å². The van der Waals surface area contributed by atoms with Gasteiger partial charge in [-0.3, -0.25) is 10.2 Å². The summed E-state index contributed by atoms with van der Waals surface area (Å²) in [6, 6.07) is 1.74. The van der Waals surface area contributed by atoms with Crippen LogP contribution in [0.3, 0.4) is 0 Å². The van der Waals surface area contributed by atoms with Crippen LogP contribution < -0.4 is 5.43 Å². The maximum absolute atomic E-state index is 12.2. The van der Waals surface area contributed by atoms with E-state index in [2.05, 4.69) is 10.3 Å². The number of amides is 1. The number of nitrogens with zero attached hydrogens (tertiary/aromatic N) is 2. The minimum absolute atomic E-state index is 0.186. The average Bonchev–Trinajstić information content (AvgIpc) is 2.87. The third-order valence-electron chi connectivity index (χ3n) is 3.07. The molecule has 7 heteroatoms. The summed E-state index contributed by atoms with van der Waals surface area (Å²) in [6.45, 7) is 3.40. The molecule has 1 aromatic heterocycles. The molecule has 2 rings (SSSR count). The Balaban J connectivity index is 1.99. The van der Waals surface area contributed by atoms with E-state index in [1.54, 1.807) is 11.4 Å². The van der Waals surface area contributed by atoms with Gasteiger partial charge in [0.15, 0.2) is 0 Å². The first-order valence-electron chi connectivity index (χ1n) is 6.29. The van der Waals surface area contributed by atoms with Gasteiger partial charge in [-0.05, 0) is 30.1 Å². The highest BCUT2D eigenvalue weighted by Crippen LogP contribution is 2.18. The lowest BCUT2D eigenvalue weighted by atomic mass is 10.2. The van der Waals surface area contributed by atoms with Crippen molar-refractivity contribution in [3.63, 3.8) is 0 Å². The van der Waals surface area contributed by atoms with Crippen molar-refractivity contribution in [3.05, 3.63) is 28.0 Å². The quantitative estimate of drug-likeness (QED) is 0.802. The van der Waals surface area contributed by atoms with Crippen LogP contribution in [0.25, 0.3) is 6.08 Å². The Bertz CT molecular complexity index is 519. The normalized spacial score (nSPS) is 17.4. The SMILES string of the molecule is CN1CCN(NC(=O)c2sccc2/C=C/C(=O)O)CC1. The van der Waals surface area contributed by atoms with Crippen LogP contribution in [0.2, 0.25) is 0 Å². The van der Waals surface area contributed by atoms with Crippen LogP contribution in [-0.2, 0) is 4.79 Å². The summed E-state index contributed by atoms with van der Waals surface area (Å²) in [5.74, 6) is -1.21. The molecule has 6 nitrogen and oxygen atoms in total. The minimum atomic E-state index is -1.03. The van der Waals surface area contributed by atoms with Crippen LogP contribution in [0.5, 0.6) is 0 Å². The third-order valence-corrected chi connectivity index (χ3v) is 4.00. The second-order valence-electron chi connectivity index (χ2n) is 4.61. The zero-order chi connectivity index (χ0) is 14.5. The van der Waals surface area contributed by atoms with Crippen molar-refractivity contribution in [2.24, 2.45) is 0 Å². The smallest absolute Gasteiger partial charge is 0.328 e. The van der Waals surface area contributed by atoms with Crippen molar-refractivity contribution < 1.29 is 14.7 Å². The molecular formula is C13H17N3O3S. The molecule has 20 heavy (non-hydrogen) atoms. The number of rotatable bonds is 4. The first kappa shape index (κ1) is 14.7. The molecule has 0 aliphatic carbocycles. The predicted octanol–water partition coefficient (Wildman–Crippen LogP) is 0.738. The summed E-state index contributed by atoms with van der Waals surface area (Å²) in [5.41, 5.74) is 3.50. The third kappa shape index (κ3) is 3.89. The van der Waals surface area contributed by atoms with E-state index in [9.17, 15) is 9.59 Å². The number of aliphatic carboxylic acids is 1. The molecule has 1 amide bonds. The van der Waals surface area contributed by atoms with E-state index in [-0.39, 0.29) is 5.91 Å². The summed E-state index contributed by atoms with van der Waals surface area (Å²) in [4.78, 5) is 25.4. The number of nitrogens with one attached hydrogen (secondary N) is 1. The fraction of sp³-hybridized carbons (Fsp3) is 0.385. The van der Waals surface area contributed by atoms with Crippen molar-refractivity contribution in [2.45, 2.75) is 0 Å². The van der Waals surface area contributed by atoms with Gasteiger partial charge in [-0.25, -0.2) is 9.80 Å². The lowest BCUT2D eigenvalue weighted by molar-refractivity contribution is -0.131. The number of hydrogen-bond acceptors (Lipinski definition) is 5. The molecule has 1 aliphatic rings. The van der Waals surface area contributed by atoms with Crippen molar-refractivity contribution >= 4 is 29.3 Å². The molecule has 108 valence electrons. The lowest BCUT2D eigenvalue weighted by Gasteiger charge is -2.32. The molecule has 1 fully saturated rings. The van der Waals surface area contributed by atoms with E-state index in [1.165, 1.54) is 17.4 Å². The van der Waals surface area contributed by atoms with Gasteiger partial charge >= 0.3 is 5.97 Å². The van der Waals surface area contributed by atoms with Crippen molar-refractivity contribution in [1.29, 1.82) is 0 Å². The Hall–Kier alpha value is -1.70. The van der Waals surface area contributed by atoms with Crippen molar-refractivity contribution in [1.82, 2.24) is 15.3 Å². The molecule has 0 radical (unpaired) electrons. The topological polar surface area (TPSA) is 72.9 Å². The second kappa shape index (κ2) is 6.65. The summed E-state index contributed by atoms with van der Waals surface area (Å²) >= 11 is 1.31. The Morgan fingerprint density at radius 3 is 2.70 bits per heavy atom. The van der Waals surface area contributed by atoms with Gasteiger partial charge in [0.1, 0.15) is 4.88 Å². The summed E-state index contributed by atoms with van der Waals surface area (Å²) in [5, 5.41) is 12.3. The molecule has 0 spiro atoms. The van der Waals surface area contributed by atoms with Gasteiger partial charge in [0.05, 0.1) is 0 Å². The maximum atomic E-state index is 12.2. The number of carbonyl (C=O) groups excluding carboxylic acids is 1. The highest BCUT2D eigenvalue weighted by atomic mass is 32.1. The first-order chi connectivity index (χ1) is 9.56. The molecule has 0 aromatic carbocycles. The van der Waals surface area contributed by atoms with E-state index >= 15 is 0 Å². The molecule has 1 aromatic rings. The summed E-state index contributed by atoms with van der Waals surface area (Å²) < 4.78 is 0. The molecule has 0 unspecified atom stereocenters. The minimum Gasteiger partial charge on any atom is -0.478 e. The van der Waals surface area contributed by atoms with Gasteiger partial charge in [-0.1, -0.05) is 0 Å². The van der Waals surface area contributed by atoms with Crippen LogP contribution in [0.4, 0.5) is 0 Å². The number of piperazine rings is 1. The molecule has 0 bridgehead atoms. The van der Waals surface area contributed by atoms with Crippen LogP contribution in [-0.4, -0.2) is 60.1 Å². The number of carbonyl (C=O) groups is 2. The van der Waals surface area contributed by atoms with Crippen LogP contribution in [0.15, 0.2) is 17.5 Å². The molecule has 2 N–H and O–H groups in total. The van der Waals surface area contributed by atoms with Gasteiger partial charge in [0.25, 0.3) is 5.91 Å². The van der Waals surface area contributed by atoms with E-state index in [0.717, 1.165) is 32.3 Å². The highest BCUT2D eigenvalue weighted by Gasteiger charge is 2.18. The second-order valence-corrected chi connectivity index (χ2v) is 5.52. The molecule has 0 atom stereocenters. The average molecular weight is 295 g/mol. The maximum Gasteiger partial charge on any atom is 0.328 e. The summed E-state index contributed by atoms with van der Waals surface area (Å²) in [7, 11) is 2.05. The van der Waals surface area contributed by atoms with E-state index in [0.29, 0.717) is 10.4 Å². The number of carboxylic acid groups (broad SMARTS) is 1. The van der Waals surface area contributed by atoms with Gasteiger partial charge in [0, 0.05) is 32.3 Å². The van der Waals surface area contributed by atoms with Crippen LogP contribution >= 0.6 is 11.3 Å². The fourth-order valence-electron chi connectivity index (χ4n) is 1.91. The zero-order valence-corrected chi connectivity index (χ0v) is 12.0. The standard InChI is InChI=1S/C13H17N3O3S/c1-15-5-7-16(8-6-15)14-13(19)12-10(4-9-20-12)2-3-11(17)18/h2-4,9H,5-8H2,1H3,(H,14,19)(H,17,18)/b3-2+. The number of hydrazine groups is 1. The monoisotopic (exact) mass is 295 g/mol. The Labute approximate surface area is 121 Å².